The molecule has 0 aliphatic rings. The molecule has 2 rings (SSSR count). The molecule has 2 aromatic rings. The van der Waals surface area contributed by atoms with E-state index in [1.807, 2.05) is 13.1 Å². The molecule has 1 unspecified atom stereocenters. The number of H-pyrrole nitrogens is 1. The molecule has 1 atom stereocenters. The molecule has 0 saturated heterocycles. The Kier molecular flexibility index (Phi) is 4.15. The quantitative estimate of drug-likeness (QED) is 0.816. The number of aromatic nitrogens is 4. The van der Waals surface area contributed by atoms with Gasteiger partial charge in [-0.15, -0.1) is 0 Å². The first-order chi connectivity index (χ1) is 8.76. The summed E-state index contributed by atoms with van der Waals surface area (Å²) in [6.45, 7) is 4.12. The molecule has 2 aromatic heterocycles. The van der Waals surface area contributed by atoms with Crippen LogP contribution in [-0.2, 0) is 6.42 Å². The van der Waals surface area contributed by atoms with Crippen LogP contribution >= 0.6 is 11.6 Å². The lowest BCUT2D eigenvalue weighted by molar-refractivity contribution is 0.697. The highest BCUT2D eigenvalue weighted by Gasteiger charge is 2.15. The third kappa shape index (κ3) is 2.61. The third-order valence-electron chi connectivity index (χ3n) is 2.81. The first-order valence-electron chi connectivity index (χ1n) is 6.01. The van der Waals surface area contributed by atoms with Crippen LogP contribution in [0.1, 0.15) is 37.7 Å². The third-order valence-corrected chi connectivity index (χ3v) is 3.14. The molecule has 18 heavy (non-hydrogen) atoms. The zero-order valence-corrected chi connectivity index (χ0v) is 11.2. The summed E-state index contributed by atoms with van der Waals surface area (Å²) in [4.78, 5) is 15.6. The maximum Gasteiger partial charge on any atom is 0.137 e. The number of hydrogen-bond donors (Lipinski definition) is 2. The van der Waals surface area contributed by atoms with E-state index in [2.05, 4.69) is 32.2 Å². The highest BCUT2D eigenvalue weighted by molar-refractivity contribution is 6.30. The van der Waals surface area contributed by atoms with Crippen molar-refractivity contribution in [3.63, 3.8) is 0 Å². The van der Waals surface area contributed by atoms with Crippen molar-refractivity contribution in [1.82, 2.24) is 19.9 Å². The zero-order chi connectivity index (χ0) is 13.0. The number of aromatic amines is 1. The van der Waals surface area contributed by atoms with Gasteiger partial charge in [-0.2, -0.15) is 0 Å². The highest BCUT2D eigenvalue weighted by atomic mass is 35.5. The van der Waals surface area contributed by atoms with Crippen LogP contribution in [0, 0.1) is 0 Å². The summed E-state index contributed by atoms with van der Waals surface area (Å²) in [5.41, 5.74) is 0.934. The van der Waals surface area contributed by atoms with E-state index in [9.17, 15) is 0 Å². The minimum Gasteiger partial charge on any atom is -0.360 e. The van der Waals surface area contributed by atoms with Gasteiger partial charge in [0.25, 0.3) is 0 Å². The molecular weight excluding hydrogens is 250 g/mol. The van der Waals surface area contributed by atoms with Crippen LogP contribution < -0.4 is 5.32 Å². The van der Waals surface area contributed by atoms with Gasteiger partial charge >= 0.3 is 0 Å². The molecular formula is C12H16ClN5. The highest BCUT2D eigenvalue weighted by Crippen LogP contribution is 2.25. The lowest BCUT2D eigenvalue weighted by Crippen LogP contribution is -2.14. The Hall–Kier alpha value is -1.62. The van der Waals surface area contributed by atoms with E-state index < -0.39 is 0 Å². The maximum absolute atomic E-state index is 6.07. The largest absolute Gasteiger partial charge is 0.360 e. The van der Waals surface area contributed by atoms with E-state index in [0.717, 1.165) is 30.0 Å². The van der Waals surface area contributed by atoms with Crippen LogP contribution in [0.5, 0.6) is 0 Å². The van der Waals surface area contributed by atoms with Crippen LogP contribution in [-0.4, -0.2) is 19.9 Å². The fourth-order valence-electron chi connectivity index (χ4n) is 1.83. The number of nitrogens with one attached hydrogen (secondary N) is 2. The van der Waals surface area contributed by atoms with Gasteiger partial charge in [0.05, 0.1) is 6.04 Å². The van der Waals surface area contributed by atoms with Crippen LogP contribution in [0.2, 0.25) is 5.15 Å². The van der Waals surface area contributed by atoms with Crippen molar-refractivity contribution < 1.29 is 0 Å². The number of imidazole rings is 1. The van der Waals surface area contributed by atoms with Gasteiger partial charge in [-0.3, -0.25) is 0 Å². The Morgan fingerprint density at radius 2 is 2.17 bits per heavy atom. The number of hydrogen-bond acceptors (Lipinski definition) is 4. The van der Waals surface area contributed by atoms with Gasteiger partial charge in [0.1, 0.15) is 23.1 Å². The van der Waals surface area contributed by atoms with Crippen LogP contribution in [0.4, 0.5) is 5.82 Å². The predicted octanol–water partition coefficient (Wildman–Crippen LogP) is 2.98. The van der Waals surface area contributed by atoms with Crippen molar-refractivity contribution in [1.29, 1.82) is 0 Å². The second-order valence-corrected chi connectivity index (χ2v) is 4.28. The molecule has 0 aliphatic carbocycles. The molecule has 0 amide bonds. The molecule has 0 saturated carbocycles. The topological polar surface area (TPSA) is 66.5 Å². The van der Waals surface area contributed by atoms with Gasteiger partial charge in [0.2, 0.25) is 0 Å². The summed E-state index contributed by atoms with van der Waals surface area (Å²) >= 11 is 6.07. The Labute approximate surface area is 111 Å². The second kappa shape index (κ2) is 5.82. The zero-order valence-electron chi connectivity index (χ0n) is 10.4. The van der Waals surface area contributed by atoms with E-state index in [1.165, 1.54) is 6.33 Å². The van der Waals surface area contributed by atoms with Gasteiger partial charge in [-0.25, -0.2) is 15.0 Å². The lowest BCUT2D eigenvalue weighted by atomic mass is 10.2. The summed E-state index contributed by atoms with van der Waals surface area (Å²) in [7, 11) is 0. The van der Waals surface area contributed by atoms with Crippen LogP contribution in [0.3, 0.4) is 0 Å². The molecule has 0 radical (unpaired) electrons. The van der Waals surface area contributed by atoms with Gasteiger partial charge < -0.3 is 10.3 Å². The minimum atomic E-state index is 0.0938. The standard InChI is InChI=1S/C12H16ClN5/c1-3-8-10(13)16-7-17-11(8)18-9(4-2)12-14-5-6-15-12/h5-7,9H,3-4H2,1-2H3,(H,14,15)(H,16,17,18). The number of halogens is 1. The van der Waals surface area contributed by atoms with Crippen LogP contribution in [0.15, 0.2) is 18.7 Å². The first kappa shape index (κ1) is 12.8. The van der Waals surface area contributed by atoms with E-state index >= 15 is 0 Å². The Balaban J connectivity index is 2.25. The molecule has 2 N–H and O–H groups in total. The van der Waals surface area contributed by atoms with Gasteiger partial charge in [0.15, 0.2) is 0 Å². The smallest absolute Gasteiger partial charge is 0.137 e. The van der Waals surface area contributed by atoms with Crippen molar-refractivity contribution in [2.75, 3.05) is 5.32 Å². The van der Waals surface area contributed by atoms with Crippen molar-refractivity contribution in [3.8, 4) is 0 Å². The molecule has 0 spiro atoms. The summed E-state index contributed by atoms with van der Waals surface area (Å²) in [6.07, 6.45) is 6.72. The van der Waals surface area contributed by atoms with Crippen molar-refractivity contribution in [2.24, 2.45) is 0 Å². The van der Waals surface area contributed by atoms with Gasteiger partial charge in [-0.1, -0.05) is 25.4 Å². The average Bonchev–Trinajstić information content (AvgIpc) is 2.89. The Morgan fingerprint density at radius 1 is 1.33 bits per heavy atom. The van der Waals surface area contributed by atoms with E-state index in [4.69, 9.17) is 11.6 Å². The summed E-state index contributed by atoms with van der Waals surface area (Å²) in [6, 6.07) is 0.0938. The van der Waals surface area contributed by atoms with E-state index in [-0.39, 0.29) is 6.04 Å². The number of anilines is 1. The maximum atomic E-state index is 6.07. The molecule has 0 aromatic carbocycles. The second-order valence-electron chi connectivity index (χ2n) is 3.92. The van der Waals surface area contributed by atoms with Gasteiger partial charge in [-0.05, 0) is 12.8 Å². The first-order valence-corrected chi connectivity index (χ1v) is 6.39. The Morgan fingerprint density at radius 3 is 2.78 bits per heavy atom. The van der Waals surface area contributed by atoms with Crippen molar-refractivity contribution in [3.05, 3.63) is 35.3 Å². The van der Waals surface area contributed by atoms with Gasteiger partial charge in [0, 0.05) is 18.0 Å². The van der Waals surface area contributed by atoms with Crippen molar-refractivity contribution >= 4 is 17.4 Å². The number of rotatable bonds is 5. The summed E-state index contributed by atoms with van der Waals surface area (Å²) in [5, 5.41) is 3.87. The number of nitrogens with zero attached hydrogens (tertiary/aromatic N) is 3. The van der Waals surface area contributed by atoms with Crippen LogP contribution in [0.25, 0.3) is 0 Å². The molecule has 2 heterocycles. The molecule has 5 nitrogen and oxygen atoms in total. The fourth-order valence-corrected chi connectivity index (χ4v) is 2.09. The average molecular weight is 266 g/mol. The van der Waals surface area contributed by atoms with E-state index in [0.29, 0.717) is 5.15 Å². The van der Waals surface area contributed by atoms with E-state index in [1.54, 1.807) is 6.20 Å². The Bertz CT molecular complexity index is 497. The normalized spacial score (nSPS) is 12.4. The lowest BCUT2D eigenvalue weighted by Gasteiger charge is -2.17. The molecule has 6 heteroatoms. The minimum absolute atomic E-state index is 0.0938. The fraction of sp³-hybridized carbons (Fsp3) is 0.417. The monoisotopic (exact) mass is 265 g/mol. The summed E-state index contributed by atoms with van der Waals surface area (Å²) in [5.74, 6) is 1.68. The SMILES string of the molecule is CCc1c(Cl)ncnc1NC(CC)c1ncc[nH]1. The molecule has 0 aliphatic heterocycles. The molecule has 0 fully saturated rings. The van der Waals surface area contributed by atoms with Crippen molar-refractivity contribution in [2.45, 2.75) is 32.7 Å². The molecule has 96 valence electrons. The summed E-state index contributed by atoms with van der Waals surface area (Å²) < 4.78 is 0. The molecule has 0 bridgehead atoms. The predicted molar refractivity (Wildman–Crippen MR) is 71.7 cm³/mol.